The van der Waals surface area contributed by atoms with E-state index in [-0.39, 0.29) is 18.4 Å². The number of nitrogens with zero attached hydrogens (tertiary/aromatic N) is 3. The lowest BCUT2D eigenvalue weighted by molar-refractivity contribution is -0.131. The Morgan fingerprint density at radius 3 is 2.69 bits per heavy atom. The van der Waals surface area contributed by atoms with Gasteiger partial charge in [-0.25, -0.2) is 0 Å². The first-order valence-corrected chi connectivity index (χ1v) is 9.59. The Balaban J connectivity index is 1.50. The van der Waals surface area contributed by atoms with Gasteiger partial charge >= 0.3 is 0 Å². The zero-order chi connectivity index (χ0) is 20.2. The van der Waals surface area contributed by atoms with Gasteiger partial charge in [0.15, 0.2) is 11.5 Å². The summed E-state index contributed by atoms with van der Waals surface area (Å²) in [5.74, 6) is 2.31. The zero-order valence-electron chi connectivity index (χ0n) is 16.5. The van der Waals surface area contributed by atoms with Crippen molar-refractivity contribution in [2.45, 2.75) is 25.3 Å². The molecule has 29 heavy (non-hydrogen) atoms. The molecule has 0 radical (unpaired) electrons. The molecule has 2 aromatic carbocycles. The number of carbonyl (C=O) groups excluding carboxylic acids is 1. The van der Waals surface area contributed by atoms with Crippen molar-refractivity contribution in [1.82, 2.24) is 15.0 Å². The van der Waals surface area contributed by atoms with Crippen LogP contribution in [0.5, 0.6) is 11.5 Å². The van der Waals surface area contributed by atoms with Gasteiger partial charge in [-0.3, -0.25) is 4.79 Å². The van der Waals surface area contributed by atoms with Gasteiger partial charge in [-0.1, -0.05) is 41.6 Å². The lowest BCUT2D eigenvalue weighted by atomic mass is 10.1. The molecule has 2 heterocycles. The van der Waals surface area contributed by atoms with Crippen LogP contribution in [0.4, 0.5) is 0 Å². The van der Waals surface area contributed by atoms with E-state index >= 15 is 0 Å². The summed E-state index contributed by atoms with van der Waals surface area (Å²) in [5, 5.41) is 4.10. The molecule has 0 aliphatic carbocycles. The number of ether oxygens (including phenoxy) is 2. The highest BCUT2D eigenvalue weighted by molar-refractivity contribution is 5.79. The van der Waals surface area contributed by atoms with Crippen LogP contribution in [0, 0.1) is 0 Å². The van der Waals surface area contributed by atoms with Crippen LogP contribution < -0.4 is 9.47 Å². The first-order valence-electron chi connectivity index (χ1n) is 9.59. The molecule has 1 atom stereocenters. The van der Waals surface area contributed by atoms with E-state index in [0.29, 0.717) is 29.8 Å². The predicted molar refractivity (Wildman–Crippen MR) is 107 cm³/mol. The van der Waals surface area contributed by atoms with Gasteiger partial charge in [-0.05, 0) is 30.5 Å². The van der Waals surface area contributed by atoms with Crippen LogP contribution in [0.15, 0.2) is 53.1 Å². The fourth-order valence-electron chi connectivity index (χ4n) is 3.66. The minimum Gasteiger partial charge on any atom is -0.493 e. The molecule has 4 rings (SSSR count). The Bertz CT molecular complexity index is 987. The van der Waals surface area contributed by atoms with Crippen LogP contribution in [0.2, 0.25) is 0 Å². The van der Waals surface area contributed by atoms with Crippen LogP contribution in [0.1, 0.15) is 30.3 Å². The third-order valence-electron chi connectivity index (χ3n) is 5.14. The highest BCUT2D eigenvalue weighted by Crippen LogP contribution is 2.33. The number of rotatable bonds is 6. The van der Waals surface area contributed by atoms with Gasteiger partial charge in [0.05, 0.1) is 20.6 Å². The second kappa shape index (κ2) is 8.34. The number of carbonyl (C=O) groups is 1. The van der Waals surface area contributed by atoms with E-state index in [0.717, 1.165) is 24.0 Å². The van der Waals surface area contributed by atoms with Crippen molar-refractivity contribution in [2.24, 2.45) is 0 Å². The molecule has 1 aromatic heterocycles. The summed E-state index contributed by atoms with van der Waals surface area (Å²) in [6, 6.07) is 15.0. The minimum atomic E-state index is -0.187. The van der Waals surface area contributed by atoms with Crippen molar-refractivity contribution >= 4 is 5.91 Å². The maximum Gasteiger partial charge on any atom is 0.249 e. The van der Waals surface area contributed by atoms with Gasteiger partial charge in [0, 0.05) is 12.1 Å². The second-order valence-corrected chi connectivity index (χ2v) is 6.93. The number of benzene rings is 2. The van der Waals surface area contributed by atoms with E-state index in [4.69, 9.17) is 14.0 Å². The van der Waals surface area contributed by atoms with E-state index in [1.54, 1.807) is 14.2 Å². The molecule has 1 fully saturated rings. The van der Waals surface area contributed by atoms with Crippen molar-refractivity contribution in [1.29, 1.82) is 0 Å². The van der Waals surface area contributed by atoms with Crippen molar-refractivity contribution in [3.05, 3.63) is 60.0 Å². The molecule has 0 spiro atoms. The van der Waals surface area contributed by atoms with E-state index in [1.807, 2.05) is 53.4 Å². The molecule has 0 saturated carbocycles. The van der Waals surface area contributed by atoms with E-state index in [2.05, 4.69) is 10.1 Å². The molecule has 7 nitrogen and oxygen atoms in total. The normalized spacial score (nSPS) is 16.1. The highest BCUT2D eigenvalue weighted by atomic mass is 16.5. The second-order valence-electron chi connectivity index (χ2n) is 6.93. The first kappa shape index (κ1) is 19.0. The van der Waals surface area contributed by atoms with Gasteiger partial charge in [0.1, 0.15) is 6.04 Å². The van der Waals surface area contributed by atoms with Gasteiger partial charge in [0.2, 0.25) is 17.6 Å². The summed E-state index contributed by atoms with van der Waals surface area (Å²) in [4.78, 5) is 19.4. The number of aromatic nitrogens is 2. The molecule has 1 amide bonds. The molecule has 150 valence electrons. The molecule has 1 aliphatic heterocycles. The number of amides is 1. The van der Waals surface area contributed by atoms with Crippen molar-refractivity contribution in [3.63, 3.8) is 0 Å². The highest BCUT2D eigenvalue weighted by Gasteiger charge is 2.34. The Morgan fingerprint density at radius 1 is 1.14 bits per heavy atom. The average Bonchev–Trinajstić information content (AvgIpc) is 3.43. The summed E-state index contributed by atoms with van der Waals surface area (Å²) in [6.45, 7) is 0.680. The fourth-order valence-corrected chi connectivity index (χ4v) is 3.66. The number of methoxy groups -OCH3 is 2. The molecule has 0 unspecified atom stereocenters. The Hall–Kier alpha value is -3.35. The van der Waals surface area contributed by atoms with Crippen molar-refractivity contribution in [2.75, 3.05) is 20.8 Å². The molecule has 0 N–H and O–H groups in total. The largest absolute Gasteiger partial charge is 0.493 e. The van der Waals surface area contributed by atoms with Crippen LogP contribution in [-0.2, 0) is 11.2 Å². The van der Waals surface area contributed by atoms with Crippen molar-refractivity contribution in [3.8, 4) is 22.9 Å². The van der Waals surface area contributed by atoms with Crippen LogP contribution in [-0.4, -0.2) is 41.7 Å². The van der Waals surface area contributed by atoms with E-state index in [9.17, 15) is 4.79 Å². The van der Waals surface area contributed by atoms with Crippen LogP contribution in [0.25, 0.3) is 11.4 Å². The molecule has 0 bridgehead atoms. The monoisotopic (exact) mass is 393 g/mol. The third kappa shape index (κ3) is 3.94. The quantitative estimate of drug-likeness (QED) is 0.636. The van der Waals surface area contributed by atoms with Gasteiger partial charge in [-0.15, -0.1) is 0 Å². The van der Waals surface area contributed by atoms with Gasteiger partial charge < -0.3 is 18.9 Å². The average molecular weight is 393 g/mol. The summed E-state index contributed by atoms with van der Waals surface area (Å²) in [6.07, 6.45) is 2.00. The standard InChI is InChI=1S/C22H23N3O4/c1-27-18-11-10-15(13-19(18)28-2)14-20(26)25-12-6-9-17(25)22-23-21(24-29-22)16-7-4-3-5-8-16/h3-5,7-8,10-11,13,17H,6,9,12,14H2,1-2H3/t17-/m1/s1. The molecular formula is C22H23N3O4. The maximum absolute atomic E-state index is 13.0. The van der Waals surface area contributed by atoms with Crippen LogP contribution in [0.3, 0.4) is 0 Å². The molecule has 7 heteroatoms. The molecular weight excluding hydrogens is 370 g/mol. The fraction of sp³-hybridized carbons (Fsp3) is 0.318. The summed E-state index contributed by atoms with van der Waals surface area (Å²) in [5.41, 5.74) is 1.76. The van der Waals surface area contributed by atoms with Gasteiger partial charge in [-0.2, -0.15) is 4.98 Å². The Morgan fingerprint density at radius 2 is 1.93 bits per heavy atom. The third-order valence-corrected chi connectivity index (χ3v) is 5.14. The van der Waals surface area contributed by atoms with Gasteiger partial charge in [0.25, 0.3) is 0 Å². The minimum absolute atomic E-state index is 0.0270. The Kier molecular flexibility index (Phi) is 5.46. The zero-order valence-corrected chi connectivity index (χ0v) is 16.5. The molecule has 1 aliphatic rings. The predicted octanol–water partition coefficient (Wildman–Crippen LogP) is 3.66. The number of hydrogen-bond acceptors (Lipinski definition) is 6. The SMILES string of the molecule is COc1ccc(CC(=O)N2CCC[C@@H]2c2nc(-c3ccccc3)no2)cc1OC. The molecule has 3 aromatic rings. The summed E-state index contributed by atoms with van der Waals surface area (Å²) in [7, 11) is 3.17. The topological polar surface area (TPSA) is 77.7 Å². The van der Waals surface area contributed by atoms with E-state index in [1.165, 1.54) is 0 Å². The number of hydrogen-bond donors (Lipinski definition) is 0. The maximum atomic E-state index is 13.0. The Labute approximate surface area is 169 Å². The van der Waals surface area contributed by atoms with Crippen LogP contribution >= 0.6 is 0 Å². The first-order chi connectivity index (χ1) is 14.2. The summed E-state index contributed by atoms with van der Waals surface area (Å²) >= 11 is 0. The number of likely N-dealkylation sites (tertiary alicyclic amines) is 1. The lowest BCUT2D eigenvalue weighted by Crippen LogP contribution is -2.32. The lowest BCUT2D eigenvalue weighted by Gasteiger charge is -2.22. The van der Waals surface area contributed by atoms with Crippen molar-refractivity contribution < 1.29 is 18.8 Å². The smallest absolute Gasteiger partial charge is 0.249 e. The molecule has 1 saturated heterocycles. The van der Waals surface area contributed by atoms with E-state index < -0.39 is 0 Å². The summed E-state index contributed by atoms with van der Waals surface area (Å²) < 4.78 is 16.1.